The predicted molar refractivity (Wildman–Crippen MR) is 122 cm³/mol. The van der Waals surface area contributed by atoms with E-state index in [-0.39, 0.29) is 5.91 Å². The number of fused-ring (bicyclic) bond motifs is 1. The van der Waals surface area contributed by atoms with Gasteiger partial charge in [0.1, 0.15) is 5.75 Å². The van der Waals surface area contributed by atoms with Gasteiger partial charge in [-0.05, 0) is 53.2 Å². The highest BCUT2D eigenvalue weighted by molar-refractivity contribution is 6.30. The van der Waals surface area contributed by atoms with Gasteiger partial charge in [-0.3, -0.25) is 4.79 Å². The van der Waals surface area contributed by atoms with Crippen LogP contribution in [0.25, 0.3) is 10.8 Å². The molecule has 0 bridgehead atoms. The molecule has 1 amide bonds. The zero-order valence-corrected chi connectivity index (χ0v) is 17.0. The third kappa shape index (κ3) is 4.79. The van der Waals surface area contributed by atoms with Gasteiger partial charge in [0.05, 0.1) is 11.8 Å². The lowest BCUT2D eigenvalue weighted by Gasteiger charge is -2.09. The second-order valence-electron chi connectivity index (χ2n) is 6.66. The van der Waals surface area contributed by atoms with E-state index in [9.17, 15) is 9.59 Å². The minimum absolute atomic E-state index is 0.338. The number of nitrogens with one attached hydrogen (secondary N) is 1. The Balaban J connectivity index is 1.50. The highest BCUT2D eigenvalue weighted by Gasteiger charge is 2.14. The van der Waals surface area contributed by atoms with Gasteiger partial charge in [-0.25, -0.2) is 10.2 Å². The number of halogens is 1. The van der Waals surface area contributed by atoms with E-state index in [0.29, 0.717) is 27.5 Å². The molecule has 1 N–H and O–H groups in total. The van der Waals surface area contributed by atoms with Crippen molar-refractivity contribution in [2.24, 2.45) is 5.10 Å². The monoisotopic (exact) mass is 428 g/mol. The Morgan fingerprint density at radius 2 is 1.55 bits per heavy atom. The van der Waals surface area contributed by atoms with Crippen molar-refractivity contribution >= 4 is 40.5 Å². The topological polar surface area (TPSA) is 67.8 Å². The van der Waals surface area contributed by atoms with Crippen LogP contribution >= 0.6 is 11.6 Å². The Bertz CT molecular complexity index is 1280. The van der Waals surface area contributed by atoms with Crippen LogP contribution in [0, 0.1) is 0 Å². The number of carbonyl (C=O) groups is 2. The maximum atomic E-state index is 12.8. The number of hydrazone groups is 1. The fraction of sp³-hybridized carbons (Fsp3) is 0. The van der Waals surface area contributed by atoms with Crippen LogP contribution in [-0.2, 0) is 0 Å². The molecule has 6 heteroatoms. The third-order valence-electron chi connectivity index (χ3n) is 4.61. The Morgan fingerprint density at radius 3 is 2.39 bits per heavy atom. The SMILES string of the molecule is O=C(N/N=C\c1ccccc1OC(=O)c1cccc2ccccc12)c1ccc(Cl)cc1. The van der Waals surface area contributed by atoms with Gasteiger partial charge in [-0.15, -0.1) is 0 Å². The summed E-state index contributed by atoms with van der Waals surface area (Å²) >= 11 is 5.83. The zero-order valence-electron chi connectivity index (χ0n) is 16.3. The van der Waals surface area contributed by atoms with Crippen LogP contribution in [0.3, 0.4) is 0 Å². The van der Waals surface area contributed by atoms with E-state index in [1.165, 1.54) is 6.21 Å². The fourth-order valence-electron chi connectivity index (χ4n) is 3.06. The van der Waals surface area contributed by atoms with Crippen LogP contribution in [0.2, 0.25) is 5.02 Å². The summed E-state index contributed by atoms with van der Waals surface area (Å²) in [6.45, 7) is 0. The van der Waals surface area contributed by atoms with Crippen LogP contribution in [-0.4, -0.2) is 18.1 Å². The van der Waals surface area contributed by atoms with Gasteiger partial charge in [0.25, 0.3) is 5.91 Å². The largest absolute Gasteiger partial charge is 0.422 e. The number of carbonyl (C=O) groups excluding carboxylic acids is 2. The number of ether oxygens (including phenoxy) is 1. The number of benzene rings is 4. The molecule has 0 heterocycles. The van der Waals surface area contributed by atoms with Gasteiger partial charge in [-0.1, -0.05) is 60.1 Å². The van der Waals surface area contributed by atoms with Gasteiger partial charge in [0, 0.05) is 16.1 Å². The van der Waals surface area contributed by atoms with Crippen LogP contribution in [0.4, 0.5) is 0 Å². The maximum absolute atomic E-state index is 12.8. The number of amides is 1. The van der Waals surface area contributed by atoms with Crippen molar-refractivity contribution in [2.75, 3.05) is 0 Å². The predicted octanol–water partition coefficient (Wildman–Crippen LogP) is 5.48. The van der Waals surface area contributed by atoms with Crippen molar-refractivity contribution in [1.82, 2.24) is 5.43 Å². The summed E-state index contributed by atoms with van der Waals surface area (Å²) in [5.41, 5.74) is 3.90. The molecule has 0 aliphatic heterocycles. The molecule has 0 radical (unpaired) electrons. The molecule has 0 aromatic heterocycles. The van der Waals surface area contributed by atoms with Gasteiger partial charge in [0.15, 0.2) is 0 Å². The van der Waals surface area contributed by atoms with Crippen molar-refractivity contribution in [3.8, 4) is 5.75 Å². The van der Waals surface area contributed by atoms with Crippen molar-refractivity contribution in [2.45, 2.75) is 0 Å². The highest BCUT2D eigenvalue weighted by atomic mass is 35.5. The molecule has 0 atom stereocenters. The van der Waals surface area contributed by atoms with Crippen molar-refractivity contribution in [3.05, 3.63) is 113 Å². The molecule has 0 aliphatic rings. The molecule has 152 valence electrons. The number of hydrogen-bond acceptors (Lipinski definition) is 4. The first-order valence-electron chi connectivity index (χ1n) is 9.50. The first-order chi connectivity index (χ1) is 15.1. The zero-order chi connectivity index (χ0) is 21.6. The lowest BCUT2D eigenvalue weighted by molar-refractivity contribution is 0.0736. The number of nitrogens with zero attached hydrogens (tertiary/aromatic N) is 1. The molecule has 4 aromatic rings. The van der Waals surface area contributed by atoms with Gasteiger partial charge < -0.3 is 4.74 Å². The van der Waals surface area contributed by atoms with Gasteiger partial charge in [0.2, 0.25) is 0 Å². The summed E-state index contributed by atoms with van der Waals surface area (Å²) in [7, 11) is 0. The lowest BCUT2D eigenvalue weighted by atomic mass is 10.0. The third-order valence-corrected chi connectivity index (χ3v) is 4.86. The van der Waals surface area contributed by atoms with Crippen LogP contribution < -0.4 is 10.2 Å². The Morgan fingerprint density at radius 1 is 0.839 bits per heavy atom. The van der Waals surface area contributed by atoms with E-state index >= 15 is 0 Å². The molecular formula is C25H17ClN2O3. The van der Waals surface area contributed by atoms with Crippen LogP contribution in [0.5, 0.6) is 5.75 Å². The van der Waals surface area contributed by atoms with E-state index in [2.05, 4.69) is 10.5 Å². The van der Waals surface area contributed by atoms with E-state index in [1.54, 1.807) is 54.6 Å². The smallest absolute Gasteiger partial charge is 0.344 e. The summed E-state index contributed by atoms with van der Waals surface area (Å²) in [5, 5.41) is 6.30. The first kappa shape index (κ1) is 20.3. The molecule has 0 aliphatic carbocycles. The summed E-state index contributed by atoms with van der Waals surface area (Å²) in [6, 6.07) is 26.5. The van der Waals surface area contributed by atoms with E-state index < -0.39 is 5.97 Å². The summed E-state index contributed by atoms with van der Waals surface area (Å²) in [4.78, 5) is 25.0. The van der Waals surface area contributed by atoms with Gasteiger partial charge in [-0.2, -0.15) is 5.10 Å². The average Bonchev–Trinajstić information content (AvgIpc) is 2.80. The van der Waals surface area contributed by atoms with Crippen LogP contribution in [0.15, 0.2) is 96.1 Å². The number of rotatable bonds is 5. The second-order valence-corrected chi connectivity index (χ2v) is 7.10. The Labute approximate surface area is 183 Å². The quantitative estimate of drug-likeness (QED) is 0.198. The highest BCUT2D eigenvalue weighted by Crippen LogP contribution is 2.22. The molecule has 0 fully saturated rings. The first-order valence-corrected chi connectivity index (χ1v) is 9.87. The minimum atomic E-state index is -0.470. The Hall–Kier alpha value is -3.96. The van der Waals surface area contributed by atoms with Crippen molar-refractivity contribution in [1.29, 1.82) is 0 Å². The van der Waals surface area contributed by atoms with E-state index in [0.717, 1.165) is 10.8 Å². The molecular weight excluding hydrogens is 412 g/mol. The molecule has 4 rings (SSSR count). The molecule has 31 heavy (non-hydrogen) atoms. The molecule has 4 aromatic carbocycles. The molecule has 0 saturated heterocycles. The second kappa shape index (κ2) is 9.24. The molecule has 0 unspecified atom stereocenters. The van der Waals surface area contributed by atoms with E-state index in [4.69, 9.17) is 16.3 Å². The lowest BCUT2D eigenvalue weighted by Crippen LogP contribution is -2.17. The minimum Gasteiger partial charge on any atom is -0.422 e. The van der Waals surface area contributed by atoms with Crippen LogP contribution in [0.1, 0.15) is 26.3 Å². The number of hydrogen-bond donors (Lipinski definition) is 1. The Kier molecular flexibility index (Phi) is 6.05. The van der Waals surface area contributed by atoms with E-state index in [1.807, 2.05) is 36.4 Å². The summed E-state index contributed by atoms with van der Waals surface area (Å²) in [6.07, 6.45) is 1.43. The van der Waals surface area contributed by atoms with Gasteiger partial charge >= 0.3 is 5.97 Å². The molecule has 5 nitrogen and oxygen atoms in total. The number of para-hydroxylation sites is 1. The van der Waals surface area contributed by atoms with Crippen molar-refractivity contribution < 1.29 is 14.3 Å². The maximum Gasteiger partial charge on any atom is 0.344 e. The standard InChI is InChI=1S/C25H17ClN2O3/c26-20-14-12-18(13-15-20)24(29)28-27-16-19-7-2-4-11-23(19)31-25(30)22-10-5-8-17-6-1-3-9-21(17)22/h1-16H,(H,28,29)/b27-16-. The molecule has 0 spiro atoms. The summed E-state index contributed by atoms with van der Waals surface area (Å²) in [5.74, 6) is -0.508. The van der Waals surface area contributed by atoms with Crippen molar-refractivity contribution in [3.63, 3.8) is 0 Å². The number of esters is 1. The average molecular weight is 429 g/mol. The summed E-state index contributed by atoms with van der Waals surface area (Å²) < 4.78 is 5.64. The fourth-order valence-corrected chi connectivity index (χ4v) is 3.19. The molecule has 0 saturated carbocycles. The normalized spacial score (nSPS) is 10.9.